The Hall–Kier alpha value is -3.56. The molecule has 0 spiro atoms. The van der Waals surface area contributed by atoms with Gasteiger partial charge in [-0.25, -0.2) is 0 Å². The van der Waals surface area contributed by atoms with Crippen molar-refractivity contribution >= 4 is 34.8 Å². The van der Waals surface area contributed by atoms with Crippen molar-refractivity contribution in [1.82, 2.24) is 4.90 Å². The number of nitrogens with one attached hydrogen (secondary N) is 2. The van der Waals surface area contributed by atoms with Crippen molar-refractivity contribution in [2.75, 3.05) is 64.8 Å². The molecule has 2 heterocycles. The molecular formula is C25H29N3O6. The van der Waals surface area contributed by atoms with Crippen molar-refractivity contribution in [3.05, 3.63) is 41.5 Å². The van der Waals surface area contributed by atoms with Gasteiger partial charge in [-0.3, -0.25) is 14.5 Å². The lowest BCUT2D eigenvalue weighted by Crippen LogP contribution is -2.38. The molecule has 1 saturated heterocycles. The third-order valence-corrected chi connectivity index (χ3v) is 5.84. The Morgan fingerprint density at radius 1 is 1.09 bits per heavy atom. The van der Waals surface area contributed by atoms with Gasteiger partial charge in [-0.05, 0) is 42.0 Å². The third kappa shape index (κ3) is 5.16. The maximum absolute atomic E-state index is 12.7. The van der Waals surface area contributed by atoms with Gasteiger partial charge in [0.2, 0.25) is 11.7 Å². The van der Waals surface area contributed by atoms with Gasteiger partial charge in [0.15, 0.2) is 11.5 Å². The van der Waals surface area contributed by atoms with Crippen LogP contribution in [0.2, 0.25) is 0 Å². The molecule has 2 aliphatic heterocycles. The molecule has 0 radical (unpaired) electrons. The van der Waals surface area contributed by atoms with Crippen molar-refractivity contribution in [2.45, 2.75) is 6.42 Å². The van der Waals surface area contributed by atoms with Gasteiger partial charge in [-0.1, -0.05) is 0 Å². The fraction of sp³-hybridized carbons (Fsp3) is 0.360. The number of anilines is 2. The Bertz CT molecular complexity index is 1080. The topological polar surface area (TPSA) is 98.4 Å². The van der Waals surface area contributed by atoms with Crippen LogP contribution < -0.4 is 24.8 Å². The monoisotopic (exact) mass is 467 g/mol. The number of carbonyl (C=O) groups excluding carboxylic acids is 2. The lowest BCUT2D eigenvalue weighted by atomic mass is 10.0. The molecule has 0 atom stereocenters. The van der Waals surface area contributed by atoms with E-state index in [0.29, 0.717) is 71.5 Å². The van der Waals surface area contributed by atoms with Crippen molar-refractivity contribution in [3.8, 4) is 17.2 Å². The molecule has 0 saturated carbocycles. The first-order valence-electron chi connectivity index (χ1n) is 11.1. The van der Waals surface area contributed by atoms with Crippen molar-refractivity contribution in [1.29, 1.82) is 0 Å². The summed E-state index contributed by atoms with van der Waals surface area (Å²) >= 11 is 0. The summed E-state index contributed by atoms with van der Waals surface area (Å²) < 4.78 is 21.5. The molecule has 0 bridgehead atoms. The van der Waals surface area contributed by atoms with E-state index in [9.17, 15) is 9.59 Å². The van der Waals surface area contributed by atoms with Gasteiger partial charge in [0.1, 0.15) is 0 Å². The van der Waals surface area contributed by atoms with Gasteiger partial charge >= 0.3 is 0 Å². The number of fused-ring (bicyclic) bond motifs is 1. The van der Waals surface area contributed by atoms with Crippen LogP contribution in [-0.2, 0) is 14.3 Å². The van der Waals surface area contributed by atoms with Crippen LogP contribution in [-0.4, -0.2) is 70.9 Å². The maximum atomic E-state index is 12.7. The highest BCUT2D eigenvalue weighted by Crippen LogP contribution is 2.40. The summed E-state index contributed by atoms with van der Waals surface area (Å²) in [5, 5.41) is 5.81. The number of hydrogen-bond donors (Lipinski definition) is 2. The number of amides is 2. The summed E-state index contributed by atoms with van der Waals surface area (Å²) in [7, 11) is 4.62. The number of benzene rings is 2. The highest BCUT2D eigenvalue weighted by atomic mass is 16.5. The lowest BCUT2D eigenvalue weighted by Gasteiger charge is -2.26. The second-order valence-corrected chi connectivity index (χ2v) is 7.98. The predicted octanol–water partition coefficient (Wildman–Crippen LogP) is 2.87. The van der Waals surface area contributed by atoms with Crippen molar-refractivity contribution in [2.24, 2.45) is 0 Å². The summed E-state index contributed by atoms with van der Waals surface area (Å²) in [6.07, 6.45) is 2.15. The normalized spacial score (nSPS) is 16.7. The molecule has 0 unspecified atom stereocenters. The number of carbonyl (C=O) groups is 2. The molecule has 2 aromatic rings. The summed E-state index contributed by atoms with van der Waals surface area (Å²) in [6.45, 7) is 3.78. The van der Waals surface area contributed by atoms with Crippen LogP contribution in [0.15, 0.2) is 30.3 Å². The van der Waals surface area contributed by atoms with Crippen LogP contribution in [0.5, 0.6) is 17.2 Å². The van der Waals surface area contributed by atoms with E-state index in [-0.39, 0.29) is 11.8 Å². The minimum absolute atomic E-state index is 0.0705. The molecule has 9 heteroatoms. The number of methoxy groups -OCH3 is 3. The molecule has 34 heavy (non-hydrogen) atoms. The van der Waals surface area contributed by atoms with Crippen LogP contribution in [0.1, 0.15) is 17.5 Å². The summed E-state index contributed by atoms with van der Waals surface area (Å²) in [5.74, 6) is 1.17. The number of rotatable bonds is 8. The molecule has 180 valence electrons. The molecule has 9 nitrogen and oxygen atoms in total. The lowest BCUT2D eigenvalue weighted by molar-refractivity contribution is -0.116. The average molecular weight is 468 g/mol. The van der Waals surface area contributed by atoms with E-state index in [1.54, 1.807) is 44.6 Å². The first kappa shape index (κ1) is 23.6. The highest BCUT2D eigenvalue weighted by Gasteiger charge is 2.25. The van der Waals surface area contributed by atoms with Crippen LogP contribution >= 0.6 is 0 Å². The molecule has 1 fully saturated rings. The second-order valence-electron chi connectivity index (χ2n) is 7.98. The first-order chi connectivity index (χ1) is 16.5. The fourth-order valence-corrected chi connectivity index (χ4v) is 4.07. The van der Waals surface area contributed by atoms with E-state index >= 15 is 0 Å². The van der Waals surface area contributed by atoms with E-state index < -0.39 is 0 Å². The zero-order valence-corrected chi connectivity index (χ0v) is 19.6. The fourth-order valence-electron chi connectivity index (χ4n) is 4.07. The van der Waals surface area contributed by atoms with E-state index in [2.05, 4.69) is 15.5 Å². The van der Waals surface area contributed by atoms with E-state index in [0.717, 1.165) is 13.1 Å². The molecule has 2 aromatic carbocycles. The van der Waals surface area contributed by atoms with Gasteiger partial charge in [0, 0.05) is 48.6 Å². The Morgan fingerprint density at radius 3 is 2.44 bits per heavy atom. The SMILES string of the molecule is COc1cc(/C=C2/C(=O)Nc3ccc(NC(=O)CCN4CCOCC4)cc32)cc(OC)c1OC. The molecule has 2 aliphatic rings. The molecule has 0 aliphatic carbocycles. The molecule has 4 rings (SSSR count). The summed E-state index contributed by atoms with van der Waals surface area (Å²) in [6, 6.07) is 8.94. The Morgan fingerprint density at radius 2 is 1.79 bits per heavy atom. The first-order valence-corrected chi connectivity index (χ1v) is 11.1. The average Bonchev–Trinajstić information content (AvgIpc) is 3.16. The smallest absolute Gasteiger partial charge is 0.256 e. The number of hydrogen-bond acceptors (Lipinski definition) is 7. The van der Waals surface area contributed by atoms with E-state index in [1.807, 2.05) is 6.07 Å². The van der Waals surface area contributed by atoms with Crippen LogP contribution in [0.4, 0.5) is 11.4 Å². The second kappa shape index (κ2) is 10.6. The Labute approximate surface area is 198 Å². The number of ether oxygens (including phenoxy) is 4. The third-order valence-electron chi connectivity index (χ3n) is 5.84. The van der Waals surface area contributed by atoms with Crippen LogP contribution in [0.25, 0.3) is 11.6 Å². The van der Waals surface area contributed by atoms with Gasteiger partial charge in [0.05, 0.1) is 34.5 Å². The van der Waals surface area contributed by atoms with E-state index in [1.165, 1.54) is 7.11 Å². The highest BCUT2D eigenvalue weighted by molar-refractivity contribution is 6.35. The minimum Gasteiger partial charge on any atom is -0.493 e. The van der Waals surface area contributed by atoms with Crippen molar-refractivity contribution < 1.29 is 28.5 Å². The molecule has 2 N–H and O–H groups in total. The Balaban J connectivity index is 1.54. The summed E-state index contributed by atoms with van der Waals surface area (Å²) in [4.78, 5) is 27.4. The van der Waals surface area contributed by atoms with Gasteiger partial charge in [0.25, 0.3) is 5.91 Å². The largest absolute Gasteiger partial charge is 0.493 e. The van der Waals surface area contributed by atoms with Crippen molar-refractivity contribution in [3.63, 3.8) is 0 Å². The number of nitrogens with zero attached hydrogens (tertiary/aromatic N) is 1. The summed E-state index contributed by atoms with van der Waals surface area (Å²) in [5.41, 5.74) is 3.24. The van der Waals surface area contributed by atoms with Crippen LogP contribution in [0.3, 0.4) is 0 Å². The van der Waals surface area contributed by atoms with Gasteiger partial charge < -0.3 is 29.6 Å². The molecular weight excluding hydrogens is 438 g/mol. The predicted molar refractivity (Wildman–Crippen MR) is 130 cm³/mol. The maximum Gasteiger partial charge on any atom is 0.256 e. The number of morpholine rings is 1. The zero-order valence-electron chi connectivity index (χ0n) is 19.6. The van der Waals surface area contributed by atoms with E-state index in [4.69, 9.17) is 18.9 Å². The minimum atomic E-state index is -0.223. The molecule has 2 amide bonds. The van der Waals surface area contributed by atoms with Gasteiger partial charge in [-0.15, -0.1) is 0 Å². The van der Waals surface area contributed by atoms with Crippen LogP contribution in [0, 0.1) is 0 Å². The zero-order chi connectivity index (χ0) is 24.1. The molecule has 0 aromatic heterocycles. The quantitative estimate of drug-likeness (QED) is 0.576. The standard InChI is InChI=1S/C25H29N3O6/c1-31-21-13-16(14-22(32-2)24(21)33-3)12-19-18-15-17(4-5-20(18)27-25(19)30)26-23(29)6-7-28-8-10-34-11-9-28/h4-5,12-15H,6-11H2,1-3H3,(H,26,29)(H,27,30)/b19-12+. The Kier molecular flexibility index (Phi) is 7.34. The van der Waals surface area contributed by atoms with Gasteiger partial charge in [-0.2, -0.15) is 0 Å².